The number of nitrogens with zero attached hydrogens (tertiary/aromatic N) is 1. The fourth-order valence-electron chi connectivity index (χ4n) is 1.89. The van der Waals surface area contributed by atoms with Crippen LogP contribution >= 0.6 is 15.9 Å². The standard InChI is InChI=1S/C15H17BrN2O/c1-9(2)14-13(16)15(19)18-12(17-14)8-11-6-4-10(3)5-7-11/h4-7,9H,8H2,1-3H3,(H,17,18,19). The van der Waals surface area contributed by atoms with E-state index in [4.69, 9.17) is 0 Å². The van der Waals surface area contributed by atoms with Crippen LogP contribution < -0.4 is 5.56 Å². The summed E-state index contributed by atoms with van der Waals surface area (Å²) in [6.45, 7) is 6.12. The number of rotatable bonds is 3. The summed E-state index contributed by atoms with van der Waals surface area (Å²) in [6, 6.07) is 8.25. The lowest BCUT2D eigenvalue weighted by atomic mass is 10.1. The van der Waals surface area contributed by atoms with Gasteiger partial charge in [-0.3, -0.25) is 4.79 Å². The van der Waals surface area contributed by atoms with Gasteiger partial charge in [-0.25, -0.2) is 4.98 Å². The van der Waals surface area contributed by atoms with E-state index in [2.05, 4.69) is 57.1 Å². The molecule has 0 saturated heterocycles. The molecule has 1 aromatic heterocycles. The van der Waals surface area contributed by atoms with Crippen LogP contribution in [0.1, 0.15) is 42.4 Å². The highest BCUT2D eigenvalue weighted by Gasteiger charge is 2.12. The number of nitrogens with one attached hydrogen (secondary N) is 1. The summed E-state index contributed by atoms with van der Waals surface area (Å²) in [5, 5.41) is 0. The molecular weight excluding hydrogens is 304 g/mol. The second kappa shape index (κ2) is 5.70. The van der Waals surface area contributed by atoms with Crippen molar-refractivity contribution in [2.75, 3.05) is 0 Å². The van der Waals surface area contributed by atoms with Crippen molar-refractivity contribution in [2.24, 2.45) is 0 Å². The number of H-pyrrole nitrogens is 1. The number of aromatic amines is 1. The molecule has 0 amide bonds. The summed E-state index contributed by atoms with van der Waals surface area (Å²) in [4.78, 5) is 19.2. The predicted molar refractivity (Wildman–Crippen MR) is 80.6 cm³/mol. The van der Waals surface area contributed by atoms with Crippen LogP contribution in [0.15, 0.2) is 33.5 Å². The van der Waals surface area contributed by atoms with Crippen LogP contribution in [-0.2, 0) is 6.42 Å². The third-order valence-corrected chi connectivity index (χ3v) is 3.74. The van der Waals surface area contributed by atoms with Gasteiger partial charge in [-0.05, 0) is 34.3 Å². The summed E-state index contributed by atoms with van der Waals surface area (Å²) in [5.74, 6) is 0.925. The summed E-state index contributed by atoms with van der Waals surface area (Å²) < 4.78 is 0.537. The van der Waals surface area contributed by atoms with Crippen molar-refractivity contribution in [2.45, 2.75) is 33.1 Å². The van der Waals surface area contributed by atoms with E-state index in [1.807, 2.05) is 13.8 Å². The highest BCUT2D eigenvalue weighted by Crippen LogP contribution is 2.19. The number of hydrogen-bond donors (Lipinski definition) is 1. The van der Waals surface area contributed by atoms with Crippen LogP contribution in [0.5, 0.6) is 0 Å². The van der Waals surface area contributed by atoms with Gasteiger partial charge in [0.1, 0.15) is 10.3 Å². The van der Waals surface area contributed by atoms with Crippen molar-refractivity contribution in [3.05, 3.63) is 61.7 Å². The molecule has 3 nitrogen and oxygen atoms in total. The smallest absolute Gasteiger partial charge is 0.265 e. The lowest BCUT2D eigenvalue weighted by molar-refractivity contribution is 0.775. The van der Waals surface area contributed by atoms with E-state index >= 15 is 0 Å². The first-order valence-electron chi connectivity index (χ1n) is 6.31. The monoisotopic (exact) mass is 320 g/mol. The fourth-order valence-corrected chi connectivity index (χ4v) is 2.54. The van der Waals surface area contributed by atoms with Gasteiger partial charge in [0.2, 0.25) is 0 Å². The van der Waals surface area contributed by atoms with Gasteiger partial charge in [0, 0.05) is 6.42 Å². The van der Waals surface area contributed by atoms with Crippen LogP contribution in [-0.4, -0.2) is 9.97 Å². The van der Waals surface area contributed by atoms with E-state index in [-0.39, 0.29) is 11.5 Å². The summed E-state index contributed by atoms with van der Waals surface area (Å²) in [7, 11) is 0. The zero-order chi connectivity index (χ0) is 14.0. The first-order valence-corrected chi connectivity index (χ1v) is 7.11. The molecule has 0 saturated carbocycles. The van der Waals surface area contributed by atoms with Gasteiger partial charge in [-0.15, -0.1) is 0 Å². The van der Waals surface area contributed by atoms with Crippen molar-refractivity contribution < 1.29 is 0 Å². The topological polar surface area (TPSA) is 45.8 Å². The number of hydrogen-bond acceptors (Lipinski definition) is 2. The minimum Gasteiger partial charge on any atom is -0.309 e. The summed E-state index contributed by atoms with van der Waals surface area (Å²) in [6.07, 6.45) is 0.641. The molecule has 100 valence electrons. The molecule has 0 aliphatic rings. The minimum absolute atomic E-state index is 0.110. The third-order valence-electron chi connectivity index (χ3n) is 2.98. The molecular formula is C15H17BrN2O. The van der Waals surface area contributed by atoms with Gasteiger partial charge >= 0.3 is 0 Å². The Morgan fingerprint density at radius 2 is 1.89 bits per heavy atom. The predicted octanol–water partition coefficient (Wildman–Crippen LogP) is 3.56. The second-order valence-corrected chi connectivity index (χ2v) is 5.82. The molecule has 0 bridgehead atoms. The van der Waals surface area contributed by atoms with Gasteiger partial charge in [-0.1, -0.05) is 43.7 Å². The largest absolute Gasteiger partial charge is 0.309 e. The van der Waals surface area contributed by atoms with Crippen LogP contribution in [0, 0.1) is 6.92 Å². The Kier molecular flexibility index (Phi) is 4.20. The Morgan fingerprint density at radius 3 is 2.47 bits per heavy atom. The Bertz CT molecular complexity index is 630. The van der Waals surface area contributed by atoms with Gasteiger partial charge < -0.3 is 4.98 Å². The number of aryl methyl sites for hydroxylation is 1. The molecule has 0 aliphatic heterocycles. The molecule has 0 aliphatic carbocycles. The van der Waals surface area contributed by atoms with E-state index in [1.165, 1.54) is 5.56 Å². The number of aromatic nitrogens is 2. The summed E-state index contributed by atoms with van der Waals surface area (Å²) in [5.41, 5.74) is 3.07. The highest BCUT2D eigenvalue weighted by molar-refractivity contribution is 9.10. The Morgan fingerprint density at radius 1 is 1.26 bits per heavy atom. The molecule has 1 aromatic carbocycles. The first-order chi connectivity index (χ1) is 8.97. The molecule has 0 unspecified atom stereocenters. The molecule has 2 rings (SSSR count). The maximum Gasteiger partial charge on any atom is 0.265 e. The molecule has 0 atom stereocenters. The van der Waals surface area contributed by atoms with Crippen molar-refractivity contribution in [1.29, 1.82) is 0 Å². The SMILES string of the molecule is Cc1ccc(Cc2nc(C(C)C)c(Br)c(=O)[nH]2)cc1. The summed E-state index contributed by atoms with van der Waals surface area (Å²) >= 11 is 3.30. The molecule has 2 aromatic rings. The lowest BCUT2D eigenvalue weighted by Crippen LogP contribution is -2.16. The third kappa shape index (κ3) is 3.32. The van der Waals surface area contributed by atoms with E-state index in [9.17, 15) is 4.79 Å². The van der Waals surface area contributed by atoms with Gasteiger partial charge in [0.15, 0.2) is 0 Å². The quantitative estimate of drug-likeness (QED) is 0.939. The average molecular weight is 321 g/mol. The first kappa shape index (κ1) is 14.0. The number of benzene rings is 1. The maximum atomic E-state index is 11.9. The van der Waals surface area contributed by atoms with E-state index in [0.29, 0.717) is 16.7 Å². The molecule has 1 heterocycles. The second-order valence-electron chi connectivity index (χ2n) is 5.03. The maximum absolute atomic E-state index is 11.9. The van der Waals surface area contributed by atoms with Crippen molar-refractivity contribution >= 4 is 15.9 Å². The molecule has 0 radical (unpaired) electrons. The van der Waals surface area contributed by atoms with Gasteiger partial charge in [0.25, 0.3) is 5.56 Å². The Hall–Kier alpha value is -1.42. The van der Waals surface area contributed by atoms with Gasteiger partial charge in [0.05, 0.1) is 5.69 Å². The van der Waals surface area contributed by atoms with Crippen LogP contribution in [0.3, 0.4) is 0 Å². The van der Waals surface area contributed by atoms with Crippen LogP contribution in [0.25, 0.3) is 0 Å². The normalized spacial score (nSPS) is 11.0. The molecule has 0 fully saturated rings. The Balaban J connectivity index is 2.35. The van der Waals surface area contributed by atoms with Crippen molar-refractivity contribution in [3.8, 4) is 0 Å². The lowest BCUT2D eigenvalue weighted by Gasteiger charge is -2.09. The molecule has 4 heteroatoms. The average Bonchev–Trinajstić information content (AvgIpc) is 2.36. The molecule has 19 heavy (non-hydrogen) atoms. The molecule has 1 N–H and O–H groups in total. The van der Waals surface area contributed by atoms with E-state index in [0.717, 1.165) is 11.3 Å². The van der Waals surface area contributed by atoms with Crippen molar-refractivity contribution in [1.82, 2.24) is 9.97 Å². The van der Waals surface area contributed by atoms with Crippen molar-refractivity contribution in [3.63, 3.8) is 0 Å². The van der Waals surface area contributed by atoms with E-state index < -0.39 is 0 Å². The van der Waals surface area contributed by atoms with Crippen LogP contribution in [0.2, 0.25) is 0 Å². The molecule has 0 spiro atoms. The Labute approximate surface area is 121 Å². The van der Waals surface area contributed by atoms with Gasteiger partial charge in [-0.2, -0.15) is 0 Å². The van der Waals surface area contributed by atoms with Crippen LogP contribution in [0.4, 0.5) is 0 Å². The van der Waals surface area contributed by atoms with E-state index in [1.54, 1.807) is 0 Å². The number of halogens is 1. The minimum atomic E-state index is -0.110. The highest BCUT2D eigenvalue weighted by atomic mass is 79.9. The fraction of sp³-hybridized carbons (Fsp3) is 0.333. The zero-order valence-electron chi connectivity index (χ0n) is 11.3. The zero-order valence-corrected chi connectivity index (χ0v) is 12.9.